The third kappa shape index (κ3) is 2.90. The summed E-state index contributed by atoms with van der Waals surface area (Å²) in [4.78, 5) is 0. The molecule has 0 bridgehead atoms. The first-order valence-electron chi connectivity index (χ1n) is 12.4. The molecule has 0 unspecified atom stereocenters. The molecule has 0 spiro atoms. The van der Waals surface area contributed by atoms with Gasteiger partial charge in [-0.2, -0.15) is 5.26 Å². The molecule has 37 heavy (non-hydrogen) atoms. The van der Waals surface area contributed by atoms with Gasteiger partial charge in [-0.15, -0.1) is 11.3 Å². The summed E-state index contributed by atoms with van der Waals surface area (Å²) in [6.45, 7) is 0. The molecular weight excluding hydrogens is 466 g/mol. The fraction of sp³-hybridized carbons (Fsp3) is 0. The molecule has 2 heteroatoms. The highest BCUT2D eigenvalue weighted by molar-refractivity contribution is 7.26. The van der Waals surface area contributed by atoms with Crippen molar-refractivity contribution in [2.45, 2.75) is 0 Å². The van der Waals surface area contributed by atoms with Crippen molar-refractivity contribution in [3.05, 3.63) is 121 Å². The first kappa shape index (κ1) is 20.5. The fourth-order valence-electron chi connectivity index (χ4n) is 5.98. The third-order valence-electron chi connectivity index (χ3n) is 7.65. The molecule has 0 saturated heterocycles. The lowest BCUT2D eigenvalue weighted by molar-refractivity contribution is 1.50. The second kappa shape index (κ2) is 7.64. The van der Waals surface area contributed by atoms with Crippen LogP contribution < -0.4 is 0 Å². The maximum Gasteiger partial charge on any atom is 0.0991 e. The van der Waals surface area contributed by atoms with Gasteiger partial charge in [0.15, 0.2) is 0 Å². The highest BCUT2D eigenvalue weighted by Crippen LogP contribution is 2.46. The maximum absolute atomic E-state index is 9.70. The largest absolute Gasteiger partial charge is 0.192 e. The Morgan fingerprint density at radius 2 is 1.14 bits per heavy atom. The normalized spacial score (nSPS) is 11.8. The van der Waals surface area contributed by atoms with Gasteiger partial charge in [0.1, 0.15) is 0 Å². The number of hydrogen-bond acceptors (Lipinski definition) is 2. The molecule has 0 aliphatic heterocycles. The highest BCUT2D eigenvalue weighted by Gasteiger charge is 2.17. The topological polar surface area (TPSA) is 23.8 Å². The fourth-order valence-corrected chi connectivity index (χ4v) is 7.25. The Bertz CT molecular complexity index is 2260. The predicted octanol–water partition coefficient (Wildman–Crippen LogP) is 10.2. The van der Waals surface area contributed by atoms with Gasteiger partial charge in [0, 0.05) is 25.6 Å². The SMILES string of the molecule is N#Cc1ccc2cc(-c3cc4ccccc4c4ccccc34)c3ccc4c5ccccc5sc4c3c2c1. The van der Waals surface area contributed by atoms with Crippen LogP contribution in [0.1, 0.15) is 5.56 Å². The van der Waals surface area contributed by atoms with E-state index in [1.54, 1.807) is 0 Å². The van der Waals surface area contributed by atoms with Crippen LogP contribution in [0.25, 0.3) is 74.4 Å². The molecule has 8 aromatic rings. The number of thiophene rings is 1. The lowest BCUT2D eigenvalue weighted by Gasteiger charge is -2.16. The molecule has 1 aromatic heterocycles. The summed E-state index contributed by atoms with van der Waals surface area (Å²) in [5, 5.41) is 22.1. The van der Waals surface area contributed by atoms with Crippen LogP contribution in [0.3, 0.4) is 0 Å². The van der Waals surface area contributed by atoms with Gasteiger partial charge in [-0.05, 0) is 79.2 Å². The number of benzene rings is 7. The van der Waals surface area contributed by atoms with E-state index < -0.39 is 0 Å². The van der Waals surface area contributed by atoms with Crippen LogP contribution in [-0.4, -0.2) is 0 Å². The van der Waals surface area contributed by atoms with E-state index in [9.17, 15) is 5.26 Å². The molecule has 0 aliphatic carbocycles. The van der Waals surface area contributed by atoms with Crippen molar-refractivity contribution in [2.75, 3.05) is 0 Å². The minimum Gasteiger partial charge on any atom is -0.192 e. The van der Waals surface area contributed by atoms with Crippen molar-refractivity contribution in [3.8, 4) is 17.2 Å². The second-order valence-corrected chi connectivity index (χ2v) is 10.7. The molecule has 0 radical (unpaired) electrons. The zero-order valence-corrected chi connectivity index (χ0v) is 20.6. The lowest BCUT2D eigenvalue weighted by Crippen LogP contribution is -1.89. The van der Waals surface area contributed by atoms with Crippen molar-refractivity contribution in [3.63, 3.8) is 0 Å². The standard InChI is InChI=1S/C35H19NS/c36-20-21-13-14-23-19-32(31-18-22-7-1-2-8-24(22)25-9-3-4-10-26(25)31)28-15-16-29-27-11-5-6-12-33(27)37-35(29)34(28)30(23)17-21/h1-19H. The summed E-state index contributed by atoms with van der Waals surface area (Å²) in [6.07, 6.45) is 0. The Balaban J connectivity index is 1.61. The van der Waals surface area contributed by atoms with E-state index >= 15 is 0 Å². The van der Waals surface area contributed by atoms with Crippen molar-refractivity contribution in [1.82, 2.24) is 0 Å². The quantitative estimate of drug-likeness (QED) is 0.212. The van der Waals surface area contributed by atoms with Gasteiger partial charge >= 0.3 is 0 Å². The Morgan fingerprint density at radius 3 is 1.97 bits per heavy atom. The molecule has 170 valence electrons. The van der Waals surface area contributed by atoms with Crippen LogP contribution in [-0.2, 0) is 0 Å². The van der Waals surface area contributed by atoms with E-state index in [0.717, 1.165) is 10.8 Å². The third-order valence-corrected chi connectivity index (χ3v) is 8.85. The van der Waals surface area contributed by atoms with E-state index in [0.29, 0.717) is 5.56 Å². The maximum atomic E-state index is 9.70. The number of hydrogen-bond donors (Lipinski definition) is 0. The summed E-state index contributed by atoms with van der Waals surface area (Å²) in [7, 11) is 0. The Kier molecular flexibility index (Phi) is 4.23. The van der Waals surface area contributed by atoms with Crippen LogP contribution in [0.2, 0.25) is 0 Å². The van der Waals surface area contributed by atoms with Gasteiger partial charge < -0.3 is 0 Å². The minimum atomic E-state index is 0.691. The van der Waals surface area contributed by atoms with Crippen LogP contribution in [0.15, 0.2) is 115 Å². The van der Waals surface area contributed by atoms with Crippen LogP contribution in [0, 0.1) is 11.3 Å². The van der Waals surface area contributed by atoms with Gasteiger partial charge in [0.25, 0.3) is 0 Å². The smallest absolute Gasteiger partial charge is 0.0991 e. The molecule has 0 N–H and O–H groups in total. The summed E-state index contributed by atoms with van der Waals surface area (Å²) >= 11 is 1.85. The van der Waals surface area contributed by atoms with Gasteiger partial charge in [0.05, 0.1) is 11.6 Å². The first-order valence-corrected chi connectivity index (χ1v) is 13.2. The summed E-state index contributed by atoms with van der Waals surface area (Å²) in [5.41, 5.74) is 3.16. The number of rotatable bonds is 1. The average Bonchev–Trinajstić information content (AvgIpc) is 3.35. The van der Waals surface area contributed by atoms with Gasteiger partial charge in [-0.1, -0.05) is 84.9 Å². The molecule has 0 saturated carbocycles. The summed E-state index contributed by atoms with van der Waals surface area (Å²) < 4.78 is 2.57. The molecule has 1 nitrogen and oxygen atoms in total. The van der Waals surface area contributed by atoms with Crippen LogP contribution in [0.4, 0.5) is 0 Å². The van der Waals surface area contributed by atoms with Gasteiger partial charge in [0.2, 0.25) is 0 Å². The Hall–Kier alpha value is -4.71. The first-order chi connectivity index (χ1) is 18.3. The van der Waals surface area contributed by atoms with Gasteiger partial charge in [-0.3, -0.25) is 0 Å². The summed E-state index contributed by atoms with van der Waals surface area (Å²) in [5.74, 6) is 0. The average molecular weight is 486 g/mol. The van der Waals surface area contributed by atoms with Crippen molar-refractivity contribution in [2.24, 2.45) is 0 Å². The molecule has 0 amide bonds. The molecule has 0 fully saturated rings. The van der Waals surface area contributed by atoms with Crippen LogP contribution >= 0.6 is 11.3 Å². The number of nitriles is 1. The number of nitrogens with zero attached hydrogens (tertiary/aromatic N) is 1. The zero-order chi connectivity index (χ0) is 24.5. The monoisotopic (exact) mass is 485 g/mol. The van der Waals surface area contributed by atoms with E-state index in [4.69, 9.17) is 0 Å². The highest BCUT2D eigenvalue weighted by atomic mass is 32.1. The van der Waals surface area contributed by atoms with Crippen molar-refractivity contribution in [1.29, 1.82) is 5.26 Å². The predicted molar refractivity (Wildman–Crippen MR) is 160 cm³/mol. The molecule has 8 rings (SSSR count). The lowest BCUT2D eigenvalue weighted by atomic mass is 9.88. The molecule has 0 atom stereocenters. The van der Waals surface area contributed by atoms with Crippen molar-refractivity contribution >= 4 is 74.6 Å². The number of fused-ring (bicyclic) bond motifs is 10. The Morgan fingerprint density at radius 1 is 0.486 bits per heavy atom. The zero-order valence-electron chi connectivity index (χ0n) is 19.8. The minimum absolute atomic E-state index is 0.691. The van der Waals surface area contributed by atoms with E-state index in [-0.39, 0.29) is 0 Å². The van der Waals surface area contributed by atoms with E-state index in [1.165, 1.54) is 63.6 Å². The van der Waals surface area contributed by atoms with E-state index in [1.807, 2.05) is 17.4 Å². The molecule has 0 aliphatic rings. The van der Waals surface area contributed by atoms with Gasteiger partial charge in [-0.25, -0.2) is 0 Å². The van der Waals surface area contributed by atoms with E-state index in [2.05, 4.69) is 115 Å². The summed E-state index contributed by atoms with van der Waals surface area (Å²) in [6, 6.07) is 43.7. The molecule has 1 heterocycles. The van der Waals surface area contributed by atoms with Crippen LogP contribution in [0.5, 0.6) is 0 Å². The second-order valence-electron chi connectivity index (χ2n) is 9.63. The molecular formula is C35H19NS. The van der Waals surface area contributed by atoms with Crippen molar-refractivity contribution < 1.29 is 0 Å². The molecule has 7 aromatic carbocycles. The Labute approximate surface area is 217 Å².